The Labute approximate surface area is 196 Å². The number of hydrogen-bond acceptors (Lipinski definition) is 4. The molecule has 0 radical (unpaired) electrons. The molecular weight excluding hydrogens is 418 g/mol. The Morgan fingerprint density at radius 1 is 1.06 bits per heavy atom. The minimum Gasteiger partial charge on any atom is -0.352 e. The summed E-state index contributed by atoms with van der Waals surface area (Å²) >= 11 is 0. The number of hydrogen-bond donors (Lipinski definition) is 1. The molecule has 1 heterocycles. The van der Waals surface area contributed by atoms with Crippen molar-refractivity contribution in [3.63, 3.8) is 0 Å². The SMILES string of the molecule is CC[C@@H](C)NC(=O)[C@@H](C)N(CCc1ccccc1)C(=O)CCN1C(=O)[C@H]2CC=CC[C@H]2C1=O. The lowest BCUT2D eigenvalue weighted by atomic mass is 9.85. The molecule has 0 aromatic heterocycles. The Hall–Kier alpha value is -2.96. The maximum Gasteiger partial charge on any atom is 0.242 e. The first-order valence-electron chi connectivity index (χ1n) is 12.0. The summed E-state index contributed by atoms with van der Waals surface area (Å²) in [5, 5.41) is 2.95. The van der Waals surface area contributed by atoms with Crippen molar-refractivity contribution in [1.29, 1.82) is 0 Å². The van der Waals surface area contributed by atoms with E-state index in [4.69, 9.17) is 0 Å². The highest BCUT2D eigenvalue weighted by molar-refractivity contribution is 6.05. The van der Waals surface area contributed by atoms with Gasteiger partial charge in [0.05, 0.1) is 11.8 Å². The summed E-state index contributed by atoms with van der Waals surface area (Å²) in [5.74, 6) is -1.39. The van der Waals surface area contributed by atoms with Crippen LogP contribution in [-0.2, 0) is 25.6 Å². The Kier molecular flexibility index (Phi) is 8.42. The standard InChI is InChI=1S/C26H35N3O4/c1-4-18(2)27-24(31)19(3)28(16-14-20-10-6-5-7-11-20)23(30)15-17-29-25(32)21-12-8-9-13-22(21)26(29)33/h5-11,18-19,21-22H,4,12-17H2,1-3H3,(H,27,31)/t18-,19-,21-,22+/m1/s1. The molecule has 0 saturated carbocycles. The molecule has 7 nitrogen and oxygen atoms in total. The molecule has 33 heavy (non-hydrogen) atoms. The number of imide groups is 1. The van der Waals surface area contributed by atoms with Crippen molar-refractivity contribution in [2.75, 3.05) is 13.1 Å². The highest BCUT2D eigenvalue weighted by atomic mass is 16.2. The number of allylic oxidation sites excluding steroid dienone is 2. The summed E-state index contributed by atoms with van der Waals surface area (Å²) in [5.41, 5.74) is 1.08. The third-order valence-corrected chi connectivity index (χ3v) is 6.80. The van der Waals surface area contributed by atoms with Crippen LogP contribution < -0.4 is 5.32 Å². The third kappa shape index (κ3) is 5.89. The van der Waals surface area contributed by atoms with Crippen molar-refractivity contribution in [3.8, 4) is 0 Å². The van der Waals surface area contributed by atoms with E-state index < -0.39 is 6.04 Å². The molecule has 4 amide bonds. The molecule has 1 aliphatic heterocycles. The largest absolute Gasteiger partial charge is 0.352 e. The second-order valence-corrected chi connectivity index (χ2v) is 9.05. The van der Waals surface area contributed by atoms with Gasteiger partial charge in [-0.3, -0.25) is 24.1 Å². The fraction of sp³-hybridized carbons (Fsp3) is 0.538. The molecule has 1 fully saturated rings. The lowest BCUT2D eigenvalue weighted by molar-refractivity contribution is -0.143. The van der Waals surface area contributed by atoms with Crippen LogP contribution in [0.4, 0.5) is 0 Å². The minimum absolute atomic E-state index is 0.0140. The van der Waals surface area contributed by atoms with Crippen molar-refractivity contribution in [2.45, 2.75) is 65.0 Å². The van der Waals surface area contributed by atoms with Gasteiger partial charge in [0.25, 0.3) is 0 Å². The first-order valence-corrected chi connectivity index (χ1v) is 12.0. The molecule has 1 saturated heterocycles. The Balaban J connectivity index is 1.66. The van der Waals surface area contributed by atoms with Crippen LogP contribution >= 0.6 is 0 Å². The topological polar surface area (TPSA) is 86.8 Å². The van der Waals surface area contributed by atoms with Crippen molar-refractivity contribution < 1.29 is 19.2 Å². The average Bonchev–Trinajstić information content (AvgIpc) is 3.07. The van der Waals surface area contributed by atoms with E-state index in [2.05, 4.69) is 5.32 Å². The van der Waals surface area contributed by atoms with Gasteiger partial charge in [-0.1, -0.05) is 49.4 Å². The number of benzene rings is 1. The van der Waals surface area contributed by atoms with Crippen LogP contribution in [0, 0.1) is 11.8 Å². The molecule has 1 aliphatic carbocycles. The van der Waals surface area contributed by atoms with E-state index in [0.717, 1.165) is 12.0 Å². The van der Waals surface area contributed by atoms with Crippen LogP contribution in [0.1, 0.15) is 52.0 Å². The quantitative estimate of drug-likeness (QED) is 0.436. The maximum absolute atomic E-state index is 13.2. The van der Waals surface area contributed by atoms with E-state index in [9.17, 15) is 19.2 Å². The van der Waals surface area contributed by atoms with Gasteiger partial charge >= 0.3 is 0 Å². The van der Waals surface area contributed by atoms with Crippen LogP contribution in [0.3, 0.4) is 0 Å². The maximum atomic E-state index is 13.2. The molecule has 4 atom stereocenters. The van der Waals surface area contributed by atoms with E-state index in [1.807, 2.05) is 56.3 Å². The van der Waals surface area contributed by atoms with Crippen molar-refractivity contribution in [2.24, 2.45) is 11.8 Å². The molecular formula is C26H35N3O4. The summed E-state index contributed by atoms with van der Waals surface area (Å²) in [6.07, 6.45) is 6.48. The number of carbonyl (C=O) groups is 4. The molecule has 2 aliphatic rings. The Morgan fingerprint density at radius 2 is 1.67 bits per heavy atom. The van der Waals surface area contributed by atoms with Gasteiger partial charge in [0.1, 0.15) is 6.04 Å². The molecule has 0 bridgehead atoms. The Bertz CT molecular complexity index is 872. The lowest BCUT2D eigenvalue weighted by Crippen LogP contribution is -2.51. The normalized spacial score (nSPS) is 21.5. The zero-order valence-corrected chi connectivity index (χ0v) is 19.8. The van der Waals surface area contributed by atoms with Gasteiger partial charge in [-0.05, 0) is 45.1 Å². The zero-order chi connectivity index (χ0) is 24.0. The van der Waals surface area contributed by atoms with E-state index in [-0.39, 0.29) is 54.5 Å². The van der Waals surface area contributed by atoms with Crippen LogP contribution in [0.15, 0.2) is 42.5 Å². The molecule has 7 heteroatoms. The second kappa shape index (κ2) is 11.3. The molecule has 3 rings (SSSR count). The second-order valence-electron chi connectivity index (χ2n) is 9.05. The molecule has 0 unspecified atom stereocenters. The van der Waals surface area contributed by atoms with E-state index in [1.165, 1.54) is 4.90 Å². The monoisotopic (exact) mass is 453 g/mol. The van der Waals surface area contributed by atoms with Gasteiger partial charge < -0.3 is 10.2 Å². The number of likely N-dealkylation sites (tertiary alicyclic amines) is 1. The van der Waals surface area contributed by atoms with E-state index in [0.29, 0.717) is 25.8 Å². The highest BCUT2D eigenvalue weighted by Gasteiger charge is 2.47. The fourth-order valence-electron chi connectivity index (χ4n) is 4.48. The van der Waals surface area contributed by atoms with Gasteiger partial charge in [0.2, 0.25) is 23.6 Å². The number of carbonyl (C=O) groups excluding carboxylic acids is 4. The van der Waals surface area contributed by atoms with Crippen LogP contribution in [0.2, 0.25) is 0 Å². The first-order chi connectivity index (χ1) is 15.8. The summed E-state index contributed by atoms with van der Waals surface area (Å²) in [6.45, 7) is 6.10. The number of rotatable bonds is 10. The van der Waals surface area contributed by atoms with Crippen molar-refractivity contribution in [1.82, 2.24) is 15.1 Å². The number of amides is 4. The molecule has 1 aromatic carbocycles. The molecule has 178 valence electrons. The van der Waals surface area contributed by atoms with Gasteiger partial charge in [-0.25, -0.2) is 0 Å². The zero-order valence-electron chi connectivity index (χ0n) is 19.8. The van der Waals surface area contributed by atoms with Crippen molar-refractivity contribution in [3.05, 3.63) is 48.0 Å². The smallest absolute Gasteiger partial charge is 0.242 e. The fourth-order valence-corrected chi connectivity index (χ4v) is 4.48. The summed E-state index contributed by atoms with van der Waals surface area (Å²) < 4.78 is 0. The number of fused-ring (bicyclic) bond motifs is 1. The van der Waals surface area contributed by atoms with Crippen LogP contribution in [-0.4, -0.2) is 58.6 Å². The summed E-state index contributed by atoms with van der Waals surface area (Å²) in [7, 11) is 0. The van der Waals surface area contributed by atoms with E-state index in [1.54, 1.807) is 11.8 Å². The van der Waals surface area contributed by atoms with Gasteiger partial charge in [-0.15, -0.1) is 0 Å². The average molecular weight is 454 g/mol. The molecule has 1 N–H and O–H groups in total. The van der Waals surface area contributed by atoms with Crippen molar-refractivity contribution >= 4 is 23.6 Å². The van der Waals surface area contributed by atoms with Gasteiger partial charge in [-0.2, -0.15) is 0 Å². The number of nitrogens with zero attached hydrogens (tertiary/aromatic N) is 2. The molecule has 1 aromatic rings. The first kappa shape index (κ1) is 24.7. The van der Waals surface area contributed by atoms with Crippen LogP contribution in [0.25, 0.3) is 0 Å². The predicted molar refractivity (Wildman–Crippen MR) is 126 cm³/mol. The minimum atomic E-state index is -0.646. The molecule has 0 spiro atoms. The van der Waals surface area contributed by atoms with Gasteiger partial charge in [0.15, 0.2) is 0 Å². The summed E-state index contributed by atoms with van der Waals surface area (Å²) in [4.78, 5) is 54.3. The lowest BCUT2D eigenvalue weighted by Gasteiger charge is -2.30. The third-order valence-electron chi connectivity index (χ3n) is 6.80. The Morgan fingerprint density at radius 3 is 2.24 bits per heavy atom. The highest BCUT2D eigenvalue weighted by Crippen LogP contribution is 2.35. The van der Waals surface area contributed by atoms with Crippen LogP contribution in [0.5, 0.6) is 0 Å². The number of nitrogens with one attached hydrogen (secondary N) is 1. The van der Waals surface area contributed by atoms with E-state index >= 15 is 0 Å². The summed E-state index contributed by atoms with van der Waals surface area (Å²) in [6, 6.07) is 9.17. The van der Waals surface area contributed by atoms with Gasteiger partial charge in [0, 0.05) is 25.6 Å². The predicted octanol–water partition coefficient (Wildman–Crippen LogP) is 2.70.